The molecule has 0 amide bonds. The molecule has 3 aliphatic carbocycles. The lowest BCUT2D eigenvalue weighted by Crippen LogP contribution is -2.20. The number of benzene rings is 4. The third kappa shape index (κ3) is 3.54. The van der Waals surface area contributed by atoms with E-state index in [0.29, 0.717) is 0 Å². The van der Waals surface area contributed by atoms with Crippen LogP contribution in [0.2, 0.25) is 0 Å². The van der Waals surface area contributed by atoms with Crippen LogP contribution < -0.4 is 10.6 Å². The second-order valence-electron chi connectivity index (χ2n) is 14.2. The number of nitrogens with one attached hydrogen (secondary N) is 2. The molecule has 2 heteroatoms. The second kappa shape index (κ2) is 8.99. The van der Waals surface area contributed by atoms with E-state index in [-0.39, 0.29) is 22.9 Å². The van der Waals surface area contributed by atoms with E-state index in [0.717, 1.165) is 6.42 Å². The van der Waals surface area contributed by atoms with Crippen molar-refractivity contribution in [2.75, 3.05) is 10.6 Å². The van der Waals surface area contributed by atoms with Crippen LogP contribution in [-0.2, 0) is 10.8 Å². The normalized spacial score (nSPS) is 22.3. The van der Waals surface area contributed by atoms with Crippen LogP contribution in [0.25, 0.3) is 28.9 Å². The van der Waals surface area contributed by atoms with Crippen molar-refractivity contribution in [2.45, 2.75) is 63.5 Å². The van der Waals surface area contributed by atoms with Gasteiger partial charge in [0.2, 0.25) is 0 Å². The molecule has 5 aliphatic rings. The molecule has 0 aromatic heterocycles. The minimum absolute atomic E-state index is 0.00747. The predicted octanol–water partition coefficient (Wildman–Crippen LogP) is 10.7. The van der Waals surface area contributed by atoms with E-state index in [2.05, 4.69) is 148 Å². The summed E-state index contributed by atoms with van der Waals surface area (Å²) < 4.78 is 0. The average Bonchev–Trinajstić information content (AvgIpc) is 3.43. The van der Waals surface area contributed by atoms with Crippen molar-refractivity contribution >= 4 is 29.1 Å². The van der Waals surface area contributed by atoms with Crippen molar-refractivity contribution in [3.05, 3.63) is 147 Å². The number of rotatable bonds is 2. The van der Waals surface area contributed by atoms with Crippen LogP contribution in [0.3, 0.4) is 0 Å². The largest absolute Gasteiger partial charge is 0.373 e. The van der Waals surface area contributed by atoms with Crippen molar-refractivity contribution in [2.24, 2.45) is 0 Å². The monoisotopic (exact) mass is 570 g/mol. The Hall–Kier alpha value is -4.56. The van der Waals surface area contributed by atoms with E-state index in [1.54, 1.807) is 5.57 Å². The number of allylic oxidation sites excluding steroid dienone is 4. The van der Waals surface area contributed by atoms with Gasteiger partial charge in [-0.1, -0.05) is 143 Å². The summed E-state index contributed by atoms with van der Waals surface area (Å²) in [5, 5.41) is 7.89. The third-order valence-corrected chi connectivity index (χ3v) is 11.1. The summed E-state index contributed by atoms with van der Waals surface area (Å²) in [5.74, 6) is 0. The molecule has 0 radical (unpaired) electrons. The van der Waals surface area contributed by atoms with E-state index in [4.69, 9.17) is 0 Å². The van der Waals surface area contributed by atoms with Gasteiger partial charge in [-0.05, 0) is 74.0 Å². The highest BCUT2D eigenvalue weighted by Gasteiger charge is 2.38. The molecule has 2 unspecified atom stereocenters. The van der Waals surface area contributed by atoms with Crippen molar-refractivity contribution < 1.29 is 0 Å². The topological polar surface area (TPSA) is 24.1 Å². The number of hydrogen-bond acceptors (Lipinski definition) is 2. The molecule has 0 bridgehead atoms. The van der Waals surface area contributed by atoms with Gasteiger partial charge in [0.25, 0.3) is 0 Å². The third-order valence-electron chi connectivity index (χ3n) is 11.1. The highest BCUT2D eigenvalue weighted by atomic mass is 15.0. The molecular formula is C42H38N2. The van der Waals surface area contributed by atoms with Crippen LogP contribution in [0.4, 0.5) is 11.4 Å². The van der Waals surface area contributed by atoms with Gasteiger partial charge in [0.15, 0.2) is 0 Å². The predicted molar refractivity (Wildman–Crippen MR) is 186 cm³/mol. The van der Waals surface area contributed by atoms with Crippen LogP contribution >= 0.6 is 0 Å². The second-order valence-corrected chi connectivity index (χ2v) is 14.2. The van der Waals surface area contributed by atoms with Crippen LogP contribution in [-0.4, -0.2) is 0 Å². The lowest BCUT2D eigenvalue weighted by molar-refractivity contribution is 0.606. The van der Waals surface area contributed by atoms with Gasteiger partial charge < -0.3 is 10.6 Å². The summed E-state index contributed by atoms with van der Waals surface area (Å²) in [4.78, 5) is 0. The maximum Gasteiger partial charge on any atom is 0.0702 e. The van der Waals surface area contributed by atoms with Crippen LogP contribution in [0, 0.1) is 0 Å². The molecule has 2 aliphatic heterocycles. The van der Waals surface area contributed by atoms with E-state index in [1.807, 2.05) is 0 Å². The summed E-state index contributed by atoms with van der Waals surface area (Å²) in [7, 11) is 0. The Morgan fingerprint density at radius 2 is 1.18 bits per heavy atom. The van der Waals surface area contributed by atoms with E-state index in [1.165, 1.54) is 79.0 Å². The van der Waals surface area contributed by atoms with Gasteiger partial charge in [0, 0.05) is 10.8 Å². The zero-order chi connectivity index (χ0) is 29.8. The molecule has 2 nitrogen and oxygen atoms in total. The fourth-order valence-electron chi connectivity index (χ4n) is 8.57. The fourth-order valence-corrected chi connectivity index (χ4v) is 8.57. The van der Waals surface area contributed by atoms with Gasteiger partial charge in [0.1, 0.15) is 0 Å². The first kappa shape index (κ1) is 25.9. The summed E-state index contributed by atoms with van der Waals surface area (Å²) in [5.41, 5.74) is 19.0. The van der Waals surface area contributed by atoms with Gasteiger partial charge >= 0.3 is 0 Å². The Kier molecular flexibility index (Phi) is 5.29. The SMILES string of the molecule is CC1(C)C2=C(C=CCC2)c2ccc(C3C=Cc4ccc5c(c4N3)NC(c3ccc4c(c3)C(C)(C)c3ccccc3-4)C=C5)cc21. The molecule has 2 heterocycles. The van der Waals surface area contributed by atoms with Crippen LogP contribution in [0.1, 0.15) is 97.1 Å². The lowest BCUT2D eigenvalue weighted by atomic mass is 9.78. The average molecular weight is 571 g/mol. The molecule has 0 fully saturated rings. The van der Waals surface area contributed by atoms with Gasteiger partial charge in [0.05, 0.1) is 23.5 Å². The maximum atomic E-state index is 3.95. The molecule has 44 heavy (non-hydrogen) atoms. The lowest BCUT2D eigenvalue weighted by Gasteiger charge is -2.31. The zero-order valence-corrected chi connectivity index (χ0v) is 26.0. The van der Waals surface area contributed by atoms with Crippen molar-refractivity contribution in [1.29, 1.82) is 0 Å². The molecule has 2 atom stereocenters. The molecule has 216 valence electrons. The van der Waals surface area contributed by atoms with Gasteiger partial charge in [-0.15, -0.1) is 0 Å². The first-order valence-electron chi connectivity index (χ1n) is 16.2. The van der Waals surface area contributed by atoms with Crippen molar-refractivity contribution in [3.8, 4) is 11.1 Å². The number of anilines is 2. The highest BCUT2D eigenvalue weighted by Crippen LogP contribution is 2.52. The molecule has 2 N–H and O–H groups in total. The van der Waals surface area contributed by atoms with Crippen LogP contribution in [0.15, 0.2) is 103 Å². The number of fused-ring (bicyclic) bond motifs is 8. The summed E-state index contributed by atoms with van der Waals surface area (Å²) in [6, 6.07) is 27.8. The van der Waals surface area contributed by atoms with Crippen molar-refractivity contribution in [1.82, 2.24) is 0 Å². The Morgan fingerprint density at radius 3 is 1.86 bits per heavy atom. The quantitative estimate of drug-likeness (QED) is 0.250. The van der Waals surface area contributed by atoms with E-state index in [9.17, 15) is 0 Å². The van der Waals surface area contributed by atoms with E-state index < -0.39 is 0 Å². The first-order valence-corrected chi connectivity index (χ1v) is 16.2. The first-order chi connectivity index (χ1) is 21.3. The molecule has 0 saturated heterocycles. The molecule has 0 saturated carbocycles. The Labute approximate surface area is 260 Å². The van der Waals surface area contributed by atoms with E-state index >= 15 is 0 Å². The summed E-state index contributed by atoms with van der Waals surface area (Å²) in [6.07, 6.45) is 16.2. The summed E-state index contributed by atoms with van der Waals surface area (Å²) >= 11 is 0. The molecule has 9 rings (SSSR count). The Balaban J connectivity index is 1.04. The van der Waals surface area contributed by atoms with Gasteiger partial charge in [-0.25, -0.2) is 0 Å². The molecule has 4 aromatic rings. The molecule has 0 spiro atoms. The maximum absolute atomic E-state index is 3.95. The summed E-state index contributed by atoms with van der Waals surface area (Å²) in [6.45, 7) is 9.52. The zero-order valence-electron chi connectivity index (χ0n) is 26.0. The minimum Gasteiger partial charge on any atom is -0.373 e. The van der Waals surface area contributed by atoms with Gasteiger partial charge in [-0.2, -0.15) is 0 Å². The molecule has 4 aromatic carbocycles. The Bertz CT molecular complexity index is 2030. The standard InChI is InChI=1S/C42H38N2/c1-41(2)33-11-7-5-9-29(33)31-19-15-27(23-35(31)41)37-21-17-25-13-14-26-18-22-38(44-40(26)39(25)43-37)28-16-20-32-30-10-6-8-12-34(30)42(3,4)36(32)24-28/h5-7,9-11,13-24,37-38,43-44H,8,12H2,1-4H3. The van der Waals surface area contributed by atoms with Crippen molar-refractivity contribution in [3.63, 3.8) is 0 Å². The fraction of sp³-hybridized carbons (Fsp3) is 0.238. The Morgan fingerprint density at radius 1 is 0.591 bits per heavy atom. The van der Waals surface area contributed by atoms with Crippen LogP contribution in [0.5, 0.6) is 0 Å². The molecular weight excluding hydrogens is 532 g/mol. The highest BCUT2D eigenvalue weighted by molar-refractivity contribution is 5.91. The van der Waals surface area contributed by atoms with Gasteiger partial charge in [-0.3, -0.25) is 0 Å². The minimum atomic E-state index is -0.00747. The number of hydrogen-bond donors (Lipinski definition) is 2. The smallest absolute Gasteiger partial charge is 0.0702 e.